The molecule has 1 heterocycles. The van der Waals surface area contributed by atoms with Crippen molar-refractivity contribution in [1.82, 2.24) is 15.6 Å². The van der Waals surface area contributed by atoms with Crippen molar-refractivity contribution in [2.45, 2.75) is 11.4 Å². The number of benzene rings is 3. The van der Waals surface area contributed by atoms with Crippen LogP contribution in [0.1, 0.15) is 25.6 Å². The molecule has 0 bridgehead atoms. The van der Waals surface area contributed by atoms with Crippen LogP contribution >= 0.6 is 22.9 Å². The summed E-state index contributed by atoms with van der Waals surface area (Å²) in [5.74, 6) is -1.23. The summed E-state index contributed by atoms with van der Waals surface area (Å²) < 4.78 is 28.6. The number of carbonyl (C=O) groups is 2. The summed E-state index contributed by atoms with van der Waals surface area (Å²) in [5.41, 5.74) is 5.50. The van der Waals surface area contributed by atoms with Gasteiger partial charge < -0.3 is 0 Å². The first-order valence-electron chi connectivity index (χ1n) is 9.76. The van der Waals surface area contributed by atoms with E-state index in [-0.39, 0.29) is 21.9 Å². The zero-order valence-electron chi connectivity index (χ0n) is 17.0. The summed E-state index contributed by atoms with van der Waals surface area (Å²) in [4.78, 5) is 25.2. The first kappa shape index (κ1) is 22.9. The highest BCUT2D eigenvalue weighted by Gasteiger charge is 2.19. The van der Waals surface area contributed by atoms with E-state index in [1.54, 1.807) is 18.2 Å². The van der Waals surface area contributed by atoms with Crippen LogP contribution in [0.2, 0.25) is 5.02 Å². The zero-order chi connectivity index (χ0) is 23.4. The number of amides is 2. The molecule has 0 radical (unpaired) electrons. The van der Waals surface area contributed by atoms with E-state index < -0.39 is 21.8 Å². The third-order valence-corrected chi connectivity index (χ3v) is 7.82. The second-order valence-corrected chi connectivity index (χ2v) is 10.2. The van der Waals surface area contributed by atoms with Gasteiger partial charge in [-0.05, 0) is 29.8 Å². The topological polar surface area (TPSA) is 104 Å². The molecule has 168 valence electrons. The van der Waals surface area contributed by atoms with Gasteiger partial charge in [-0.3, -0.25) is 20.4 Å². The Labute approximate surface area is 199 Å². The third-order valence-electron chi connectivity index (χ3n) is 4.75. The van der Waals surface area contributed by atoms with Crippen molar-refractivity contribution in [2.75, 3.05) is 0 Å². The molecular weight excluding hydrogens is 482 g/mol. The number of hydrogen-bond donors (Lipinski definition) is 3. The molecule has 0 saturated carbocycles. The van der Waals surface area contributed by atoms with Crippen LogP contribution in [0.4, 0.5) is 0 Å². The molecule has 1 aromatic heterocycles. The lowest BCUT2D eigenvalue weighted by atomic mass is 10.2. The first-order chi connectivity index (χ1) is 15.8. The molecule has 0 saturated heterocycles. The molecule has 10 heteroatoms. The van der Waals surface area contributed by atoms with Gasteiger partial charge in [0, 0.05) is 22.2 Å². The fourth-order valence-electron chi connectivity index (χ4n) is 3.06. The largest absolute Gasteiger partial charge is 0.281 e. The SMILES string of the molecule is O=C(NNC(=O)c1sc2ccccc2c1Cl)c1cccc(S(=O)(=O)NCc2ccccc2)c1. The molecule has 0 unspecified atom stereocenters. The van der Waals surface area contributed by atoms with Crippen molar-refractivity contribution in [3.8, 4) is 0 Å². The quantitative estimate of drug-likeness (QED) is 0.347. The maximum atomic E-state index is 12.6. The third kappa shape index (κ3) is 5.23. The van der Waals surface area contributed by atoms with E-state index >= 15 is 0 Å². The molecule has 2 amide bonds. The predicted molar refractivity (Wildman–Crippen MR) is 129 cm³/mol. The molecular formula is C23H18ClN3O4S2. The molecule has 0 atom stereocenters. The Bertz CT molecular complexity index is 1440. The number of thiophene rings is 1. The predicted octanol–water partition coefficient (Wildman–Crippen LogP) is 4.11. The Kier molecular flexibility index (Phi) is 6.75. The van der Waals surface area contributed by atoms with Crippen LogP contribution in [0.3, 0.4) is 0 Å². The van der Waals surface area contributed by atoms with Crippen molar-refractivity contribution in [2.24, 2.45) is 0 Å². The maximum absolute atomic E-state index is 12.6. The summed E-state index contributed by atoms with van der Waals surface area (Å²) in [6.07, 6.45) is 0. The fourth-order valence-corrected chi connectivity index (χ4v) is 5.54. The lowest BCUT2D eigenvalue weighted by Crippen LogP contribution is -2.41. The molecule has 0 fully saturated rings. The Morgan fingerprint density at radius 1 is 0.848 bits per heavy atom. The van der Waals surface area contributed by atoms with Gasteiger partial charge in [0.15, 0.2) is 0 Å². The summed E-state index contributed by atoms with van der Waals surface area (Å²) in [5, 5.41) is 1.06. The zero-order valence-corrected chi connectivity index (χ0v) is 19.4. The minimum atomic E-state index is -3.84. The summed E-state index contributed by atoms with van der Waals surface area (Å²) >= 11 is 7.50. The van der Waals surface area contributed by atoms with Crippen LogP contribution < -0.4 is 15.6 Å². The summed E-state index contributed by atoms with van der Waals surface area (Å²) in [7, 11) is -3.84. The van der Waals surface area contributed by atoms with Crippen LogP contribution in [0, 0.1) is 0 Å². The maximum Gasteiger partial charge on any atom is 0.281 e. The van der Waals surface area contributed by atoms with E-state index in [2.05, 4.69) is 15.6 Å². The first-order valence-corrected chi connectivity index (χ1v) is 12.4. The number of hydrogen-bond acceptors (Lipinski definition) is 5. The molecule has 4 aromatic rings. The van der Waals surface area contributed by atoms with Gasteiger partial charge in [0.05, 0.1) is 9.92 Å². The number of halogens is 1. The second-order valence-electron chi connectivity index (χ2n) is 6.99. The number of fused-ring (bicyclic) bond motifs is 1. The lowest BCUT2D eigenvalue weighted by molar-refractivity contribution is 0.0849. The van der Waals surface area contributed by atoms with Crippen LogP contribution in [-0.4, -0.2) is 20.2 Å². The molecule has 7 nitrogen and oxygen atoms in total. The molecule has 3 N–H and O–H groups in total. The Morgan fingerprint density at radius 3 is 2.30 bits per heavy atom. The van der Waals surface area contributed by atoms with Gasteiger partial charge in [0.25, 0.3) is 11.8 Å². The van der Waals surface area contributed by atoms with Gasteiger partial charge in [-0.1, -0.05) is 66.2 Å². The van der Waals surface area contributed by atoms with Gasteiger partial charge in [-0.15, -0.1) is 11.3 Å². The van der Waals surface area contributed by atoms with E-state index in [1.165, 1.54) is 35.6 Å². The van der Waals surface area contributed by atoms with Gasteiger partial charge in [-0.25, -0.2) is 13.1 Å². The Hall–Kier alpha value is -3.24. The standard InChI is InChI=1S/C23H18ClN3O4S2/c24-20-18-11-4-5-12-19(18)32-21(20)23(29)27-26-22(28)16-9-6-10-17(13-16)33(30,31)25-14-15-7-2-1-3-8-15/h1-13,25H,14H2,(H,26,28)(H,27,29). The minimum absolute atomic E-state index is 0.0649. The van der Waals surface area contributed by atoms with Crippen molar-refractivity contribution in [1.29, 1.82) is 0 Å². The monoisotopic (exact) mass is 499 g/mol. The lowest BCUT2D eigenvalue weighted by Gasteiger charge is -2.10. The van der Waals surface area contributed by atoms with Crippen molar-refractivity contribution in [3.05, 3.63) is 99.9 Å². The molecule has 0 aliphatic carbocycles. The van der Waals surface area contributed by atoms with E-state index in [1.807, 2.05) is 36.4 Å². The molecule has 0 spiro atoms. The summed E-state index contributed by atoms with van der Waals surface area (Å²) in [6.45, 7) is 0.117. The van der Waals surface area contributed by atoms with Crippen molar-refractivity contribution in [3.63, 3.8) is 0 Å². The Balaban J connectivity index is 1.43. The van der Waals surface area contributed by atoms with Gasteiger partial charge in [0.2, 0.25) is 10.0 Å². The fraction of sp³-hybridized carbons (Fsp3) is 0.0435. The minimum Gasteiger partial charge on any atom is -0.267 e. The molecule has 0 aliphatic rings. The number of sulfonamides is 1. The molecule has 3 aromatic carbocycles. The van der Waals surface area contributed by atoms with E-state index in [9.17, 15) is 18.0 Å². The second kappa shape index (κ2) is 9.72. The average Bonchev–Trinajstić information content (AvgIpc) is 3.18. The van der Waals surface area contributed by atoms with Crippen molar-refractivity contribution < 1.29 is 18.0 Å². The van der Waals surface area contributed by atoms with E-state index in [0.29, 0.717) is 5.02 Å². The van der Waals surface area contributed by atoms with Gasteiger partial charge >= 0.3 is 0 Å². The number of rotatable bonds is 6. The summed E-state index contributed by atoms with van der Waals surface area (Å²) in [6, 6.07) is 21.9. The highest BCUT2D eigenvalue weighted by atomic mass is 35.5. The molecule has 4 rings (SSSR count). The van der Waals surface area contributed by atoms with Crippen LogP contribution in [0.15, 0.2) is 83.8 Å². The van der Waals surface area contributed by atoms with Crippen LogP contribution in [0.25, 0.3) is 10.1 Å². The van der Waals surface area contributed by atoms with Crippen molar-refractivity contribution >= 4 is 54.9 Å². The highest BCUT2D eigenvalue weighted by Crippen LogP contribution is 2.34. The number of carbonyl (C=O) groups excluding carboxylic acids is 2. The smallest absolute Gasteiger partial charge is 0.267 e. The van der Waals surface area contributed by atoms with Crippen LogP contribution in [-0.2, 0) is 16.6 Å². The van der Waals surface area contributed by atoms with E-state index in [4.69, 9.17) is 11.6 Å². The van der Waals surface area contributed by atoms with Gasteiger partial charge in [0.1, 0.15) is 4.88 Å². The Morgan fingerprint density at radius 2 is 1.55 bits per heavy atom. The highest BCUT2D eigenvalue weighted by molar-refractivity contribution is 7.89. The number of hydrazine groups is 1. The van der Waals surface area contributed by atoms with Crippen LogP contribution in [0.5, 0.6) is 0 Å². The van der Waals surface area contributed by atoms with E-state index in [0.717, 1.165) is 15.6 Å². The molecule has 33 heavy (non-hydrogen) atoms. The number of nitrogens with one attached hydrogen (secondary N) is 3. The average molecular weight is 500 g/mol. The van der Waals surface area contributed by atoms with Gasteiger partial charge in [-0.2, -0.15) is 0 Å². The normalized spacial score (nSPS) is 11.3. The molecule has 0 aliphatic heterocycles.